The third kappa shape index (κ3) is 3.28. The van der Waals surface area contributed by atoms with Gasteiger partial charge in [0, 0.05) is 18.5 Å². The standard InChI is InChI=1S/C18H19F3N6O/c1-27-15(11-4-5-11)14(9-23-27)24-16(28)13(22)8-10-2-6-12(7-3-10)17(25-26-17)18(19,20)21/h2-3,6-7,9,11,13H,4-5,8,22H2,1H3,(H,24,28). The lowest BCUT2D eigenvalue weighted by atomic mass is 9.98. The Morgan fingerprint density at radius 3 is 2.50 bits per heavy atom. The van der Waals surface area contributed by atoms with Gasteiger partial charge in [0.1, 0.15) is 0 Å². The first kappa shape index (κ1) is 18.6. The molecule has 3 N–H and O–H groups in total. The van der Waals surface area contributed by atoms with Crippen molar-refractivity contribution in [3.8, 4) is 0 Å². The number of nitrogens with one attached hydrogen (secondary N) is 1. The van der Waals surface area contributed by atoms with E-state index in [4.69, 9.17) is 5.73 Å². The van der Waals surface area contributed by atoms with Gasteiger partial charge < -0.3 is 11.1 Å². The maximum absolute atomic E-state index is 13.0. The average Bonchev–Trinajstić information content (AvgIpc) is 3.54. The van der Waals surface area contributed by atoms with Crippen LogP contribution in [0.25, 0.3) is 0 Å². The van der Waals surface area contributed by atoms with Gasteiger partial charge >= 0.3 is 11.8 Å². The van der Waals surface area contributed by atoms with Crippen LogP contribution in [0.15, 0.2) is 40.7 Å². The number of halogens is 3. The van der Waals surface area contributed by atoms with Gasteiger partial charge in [-0.3, -0.25) is 9.48 Å². The van der Waals surface area contributed by atoms with Crippen molar-refractivity contribution in [3.05, 3.63) is 47.3 Å². The van der Waals surface area contributed by atoms with Gasteiger partial charge in [0.15, 0.2) is 0 Å². The summed E-state index contributed by atoms with van der Waals surface area (Å²) in [4.78, 5) is 12.4. The summed E-state index contributed by atoms with van der Waals surface area (Å²) in [6, 6.07) is 4.82. The summed E-state index contributed by atoms with van der Waals surface area (Å²) in [5.41, 5.74) is 5.80. The Hall–Kier alpha value is -2.75. The molecule has 2 aromatic rings. The van der Waals surface area contributed by atoms with Crippen molar-refractivity contribution in [1.82, 2.24) is 9.78 Å². The highest BCUT2D eigenvalue weighted by Gasteiger charge is 2.65. The molecule has 1 aromatic heterocycles. The van der Waals surface area contributed by atoms with E-state index < -0.39 is 17.9 Å². The molecule has 1 atom stereocenters. The summed E-state index contributed by atoms with van der Waals surface area (Å²) in [5, 5.41) is 13.3. The van der Waals surface area contributed by atoms with Crippen molar-refractivity contribution >= 4 is 11.6 Å². The van der Waals surface area contributed by atoms with Gasteiger partial charge in [0.2, 0.25) is 5.91 Å². The van der Waals surface area contributed by atoms with E-state index in [2.05, 4.69) is 20.6 Å². The molecule has 0 bridgehead atoms. The predicted molar refractivity (Wildman–Crippen MR) is 94.5 cm³/mol. The lowest BCUT2D eigenvalue weighted by molar-refractivity contribution is -0.166. The van der Waals surface area contributed by atoms with Crippen molar-refractivity contribution in [2.75, 3.05) is 5.32 Å². The molecule has 1 fully saturated rings. The van der Waals surface area contributed by atoms with Gasteiger partial charge in [-0.1, -0.05) is 24.3 Å². The van der Waals surface area contributed by atoms with E-state index in [0.717, 1.165) is 18.5 Å². The van der Waals surface area contributed by atoms with Crippen LogP contribution in [0.1, 0.15) is 35.6 Å². The normalized spacial score (nSPS) is 18.8. The summed E-state index contributed by atoms with van der Waals surface area (Å²) in [5.74, 6) is 0.0451. The molecule has 2 heterocycles. The zero-order chi connectivity index (χ0) is 20.1. The number of anilines is 1. The summed E-state index contributed by atoms with van der Waals surface area (Å²) in [7, 11) is 1.83. The molecule has 10 heteroatoms. The Kier molecular flexibility index (Phi) is 4.25. The van der Waals surface area contributed by atoms with Crippen LogP contribution in [0.4, 0.5) is 18.9 Å². The molecule has 2 aliphatic rings. The second kappa shape index (κ2) is 6.40. The van der Waals surface area contributed by atoms with Crippen LogP contribution in [0, 0.1) is 0 Å². The molecular formula is C18H19F3N6O. The van der Waals surface area contributed by atoms with Crippen molar-refractivity contribution in [3.63, 3.8) is 0 Å². The monoisotopic (exact) mass is 392 g/mol. The SMILES string of the molecule is Cn1ncc(NC(=O)C(N)Cc2ccc(C3(C(F)(F)F)N=N3)cc2)c1C1CC1. The third-order valence-corrected chi connectivity index (χ3v) is 5.05. The molecule has 148 valence electrons. The van der Waals surface area contributed by atoms with Crippen molar-refractivity contribution in [2.45, 2.75) is 43.1 Å². The molecule has 1 aliphatic heterocycles. The minimum atomic E-state index is -4.56. The van der Waals surface area contributed by atoms with Gasteiger partial charge in [-0.25, -0.2) is 0 Å². The molecule has 7 nitrogen and oxygen atoms in total. The van der Waals surface area contributed by atoms with E-state index in [1.165, 1.54) is 24.3 Å². The van der Waals surface area contributed by atoms with E-state index in [-0.39, 0.29) is 17.9 Å². The first-order valence-corrected chi connectivity index (χ1v) is 8.90. The Balaban J connectivity index is 1.40. The number of carbonyl (C=O) groups excluding carboxylic acids is 1. The predicted octanol–water partition coefficient (Wildman–Crippen LogP) is 2.99. The molecule has 1 saturated carbocycles. The highest BCUT2D eigenvalue weighted by molar-refractivity contribution is 5.95. The quantitative estimate of drug-likeness (QED) is 0.791. The second-order valence-corrected chi connectivity index (χ2v) is 7.21. The summed E-state index contributed by atoms with van der Waals surface area (Å²) in [6.07, 6.45) is -0.629. The van der Waals surface area contributed by atoms with Gasteiger partial charge in [-0.15, -0.1) is 10.2 Å². The number of nitrogens with zero attached hydrogens (tertiary/aromatic N) is 4. The number of aryl methyl sites for hydroxylation is 1. The number of hydrogen-bond acceptors (Lipinski definition) is 5. The van der Waals surface area contributed by atoms with Crippen LogP contribution >= 0.6 is 0 Å². The Labute approximate surface area is 158 Å². The van der Waals surface area contributed by atoms with Crippen LogP contribution in [0.3, 0.4) is 0 Å². The first-order valence-electron chi connectivity index (χ1n) is 8.90. The number of alkyl halides is 3. The maximum Gasteiger partial charge on any atom is 0.442 e. The lowest BCUT2D eigenvalue weighted by Gasteiger charge is -2.16. The molecule has 1 amide bonds. The average molecular weight is 392 g/mol. The molecular weight excluding hydrogens is 373 g/mol. The molecule has 1 aliphatic carbocycles. The van der Waals surface area contributed by atoms with Crippen LogP contribution in [0.5, 0.6) is 0 Å². The fourth-order valence-electron chi connectivity index (χ4n) is 3.27. The lowest BCUT2D eigenvalue weighted by Crippen LogP contribution is -2.37. The minimum Gasteiger partial charge on any atom is -0.322 e. The molecule has 0 spiro atoms. The summed E-state index contributed by atoms with van der Waals surface area (Å²) < 4.78 is 40.9. The van der Waals surface area contributed by atoms with Crippen LogP contribution in [-0.2, 0) is 23.9 Å². The van der Waals surface area contributed by atoms with Gasteiger partial charge in [-0.2, -0.15) is 18.3 Å². The van der Waals surface area contributed by atoms with E-state index in [0.29, 0.717) is 17.2 Å². The first-order chi connectivity index (χ1) is 13.2. The number of carbonyl (C=O) groups is 1. The Bertz CT molecular complexity index is 924. The highest BCUT2D eigenvalue weighted by Crippen LogP contribution is 2.52. The van der Waals surface area contributed by atoms with E-state index >= 15 is 0 Å². The van der Waals surface area contributed by atoms with Crippen LogP contribution in [-0.4, -0.2) is 27.9 Å². The van der Waals surface area contributed by atoms with Crippen molar-refractivity contribution < 1.29 is 18.0 Å². The molecule has 28 heavy (non-hydrogen) atoms. The number of benzene rings is 1. The van der Waals surface area contributed by atoms with Crippen molar-refractivity contribution in [1.29, 1.82) is 0 Å². The summed E-state index contributed by atoms with van der Waals surface area (Å²) in [6.45, 7) is 0. The van der Waals surface area contributed by atoms with Crippen LogP contribution < -0.4 is 11.1 Å². The second-order valence-electron chi connectivity index (χ2n) is 7.21. The number of nitrogens with two attached hydrogens (primary N) is 1. The maximum atomic E-state index is 13.0. The Morgan fingerprint density at radius 1 is 1.32 bits per heavy atom. The molecule has 1 unspecified atom stereocenters. The number of aromatic nitrogens is 2. The molecule has 0 radical (unpaired) electrons. The fourth-order valence-corrected chi connectivity index (χ4v) is 3.27. The topological polar surface area (TPSA) is 97.7 Å². The van der Waals surface area contributed by atoms with Gasteiger partial charge in [0.05, 0.1) is 23.6 Å². The van der Waals surface area contributed by atoms with E-state index in [1.54, 1.807) is 10.9 Å². The third-order valence-electron chi connectivity index (χ3n) is 5.05. The fraction of sp³-hybridized carbons (Fsp3) is 0.444. The zero-order valence-electron chi connectivity index (χ0n) is 15.1. The molecule has 0 saturated heterocycles. The Morgan fingerprint density at radius 2 is 1.96 bits per heavy atom. The number of amides is 1. The number of rotatable bonds is 6. The van der Waals surface area contributed by atoms with E-state index in [1.807, 2.05) is 7.05 Å². The smallest absolute Gasteiger partial charge is 0.322 e. The van der Waals surface area contributed by atoms with E-state index in [9.17, 15) is 18.0 Å². The van der Waals surface area contributed by atoms with Gasteiger partial charge in [-0.05, 0) is 24.8 Å². The van der Waals surface area contributed by atoms with Crippen LogP contribution in [0.2, 0.25) is 0 Å². The zero-order valence-corrected chi connectivity index (χ0v) is 15.1. The summed E-state index contributed by atoms with van der Waals surface area (Å²) >= 11 is 0. The largest absolute Gasteiger partial charge is 0.442 e. The minimum absolute atomic E-state index is 0.0498. The number of hydrogen-bond donors (Lipinski definition) is 2. The molecule has 1 aromatic carbocycles. The highest BCUT2D eigenvalue weighted by atomic mass is 19.4. The molecule has 4 rings (SSSR count). The van der Waals surface area contributed by atoms with Crippen molar-refractivity contribution in [2.24, 2.45) is 23.0 Å². The van der Waals surface area contributed by atoms with Gasteiger partial charge in [0.25, 0.3) is 0 Å².